The minimum absolute atomic E-state index is 0.0587. The third-order valence-corrected chi connectivity index (χ3v) is 2.97. The number of carbonyl (C=O) groups excluding carboxylic acids is 1. The van der Waals surface area contributed by atoms with Crippen LogP contribution in [0.2, 0.25) is 0 Å². The lowest BCUT2D eigenvalue weighted by Crippen LogP contribution is -2.33. The number of hydrogen-bond acceptors (Lipinski definition) is 3. The molecule has 0 saturated heterocycles. The van der Waals surface area contributed by atoms with E-state index in [2.05, 4.69) is 5.32 Å². The van der Waals surface area contributed by atoms with Gasteiger partial charge in [-0.25, -0.2) is 4.79 Å². The third kappa shape index (κ3) is 4.89. The van der Waals surface area contributed by atoms with Crippen molar-refractivity contribution in [2.24, 2.45) is 0 Å². The molecule has 0 spiro atoms. The van der Waals surface area contributed by atoms with E-state index in [9.17, 15) is 9.59 Å². The molecule has 1 aromatic rings. The van der Waals surface area contributed by atoms with Crippen molar-refractivity contribution in [3.05, 3.63) is 29.8 Å². The Bertz CT molecular complexity index is 476. The highest BCUT2D eigenvalue weighted by atomic mass is 16.5. The zero-order chi connectivity index (χ0) is 15.1. The van der Waals surface area contributed by atoms with Crippen LogP contribution in [-0.2, 0) is 9.53 Å². The van der Waals surface area contributed by atoms with Crippen LogP contribution in [-0.4, -0.2) is 42.7 Å². The van der Waals surface area contributed by atoms with Crippen molar-refractivity contribution < 1.29 is 19.4 Å². The maximum Gasteiger partial charge on any atom is 0.321 e. The number of rotatable bonds is 6. The number of benzene rings is 1. The quantitative estimate of drug-likeness (QED) is 0.838. The Kier molecular flexibility index (Phi) is 5.99. The first-order chi connectivity index (χ1) is 9.43. The summed E-state index contributed by atoms with van der Waals surface area (Å²) in [6, 6.07) is 7.01. The number of ether oxygens (including phenoxy) is 1. The van der Waals surface area contributed by atoms with Crippen molar-refractivity contribution in [2.45, 2.75) is 19.4 Å². The van der Waals surface area contributed by atoms with Gasteiger partial charge in [0.05, 0.1) is 12.5 Å². The number of methoxy groups -OCH3 is 1. The van der Waals surface area contributed by atoms with Crippen LogP contribution in [0.4, 0.5) is 10.5 Å². The summed E-state index contributed by atoms with van der Waals surface area (Å²) in [5.41, 5.74) is 1.61. The zero-order valence-corrected chi connectivity index (χ0v) is 11.9. The summed E-state index contributed by atoms with van der Waals surface area (Å²) in [4.78, 5) is 23.7. The summed E-state index contributed by atoms with van der Waals surface area (Å²) < 4.78 is 5.22. The van der Waals surface area contributed by atoms with Gasteiger partial charge in [-0.2, -0.15) is 0 Å². The predicted octanol–water partition coefficient (Wildman–Crippen LogP) is 2.33. The lowest BCUT2D eigenvalue weighted by atomic mass is 10.1. The van der Waals surface area contributed by atoms with E-state index in [0.717, 1.165) is 5.56 Å². The Morgan fingerprint density at radius 3 is 2.75 bits per heavy atom. The molecule has 0 saturated carbocycles. The highest BCUT2D eigenvalue weighted by molar-refractivity contribution is 5.89. The molecule has 0 aliphatic carbocycles. The van der Waals surface area contributed by atoms with Crippen LogP contribution in [0.5, 0.6) is 0 Å². The number of carboxylic acids is 1. The molecule has 0 heterocycles. The summed E-state index contributed by atoms with van der Waals surface area (Å²) >= 11 is 0. The Morgan fingerprint density at radius 1 is 1.45 bits per heavy atom. The average Bonchev–Trinajstić information content (AvgIpc) is 2.43. The lowest BCUT2D eigenvalue weighted by Gasteiger charge is -2.18. The summed E-state index contributed by atoms with van der Waals surface area (Å²) in [5.74, 6) is -0.930. The molecule has 0 aromatic heterocycles. The highest BCUT2D eigenvalue weighted by Crippen LogP contribution is 2.19. The molecule has 0 bridgehead atoms. The third-order valence-electron chi connectivity index (χ3n) is 2.97. The molecule has 0 aliphatic rings. The highest BCUT2D eigenvalue weighted by Gasteiger charge is 2.11. The van der Waals surface area contributed by atoms with Gasteiger partial charge in [-0.15, -0.1) is 0 Å². The minimum Gasteiger partial charge on any atom is -0.481 e. The number of carbonyl (C=O) groups is 2. The summed E-state index contributed by atoms with van der Waals surface area (Å²) in [7, 11) is 3.18. The molecular weight excluding hydrogens is 260 g/mol. The van der Waals surface area contributed by atoms with Crippen LogP contribution in [0.25, 0.3) is 0 Å². The van der Waals surface area contributed by atoms with Crippen molar-refractivity contribution in [2.75, 3.05) is 26.0 Å². The first-order valence-electron chi connectivity index (χ1n) is 6.30. The topological polar surface area (TPSA) is 78.9 Å². The Labute approximate surface area is 118 Å². The SMILES string of the molecule is COC(C)c1cccc(NC(=O)N(C)CCC(=O)O)c1. The molecule has 0 radical (unpaired) electrons. The van der Waals surface area contributed by atoms with E-state index >= 15 is 0 Å². The van der Waals surface area contributed by atoms with Gasteiger partial charge >= 0.3 is 12.0 Å². The second-order valence-corrected chi connectivity index (χ2v) is 4.50. The summed E-state index contributed by atoms with van der Waals surface area (Å²) in [6.07, 6.45) is -0.137. The number of aliphatic carboxylic acids is 1. The van der Waals surface area contributed by atoms with E-state index in [-0.39, 0.29) is 25.1 Å². The van der Waals surface area contributed by atoms with Gasteiger partial charge in [-0.05, 0) is 24.6 Å². The molecule has 1 rings (SSSR count). The summed E-state index contributed by atoms with van der Waals surface area (Å²) in [6.45, 7) is 2.08. The van der Waals surface area contributed by atoms with Crippen LogP contribution in [0, 0.1) is 0 Å². The fourth-order valence-electron chi connectivity index (χ4n) is 1.59. The van der Waals surface area contributed by atoms with Crippen molar-refractivity contribution in [1.29, 1.82) is 0 Å². The Balaban J connectivity index is 2.63. The van der Waals surface area contributed by atoms with E-state index in [0.29, 0.717) is 5.69 Å². The number of amides is 2. The average molecular weight is 280 g/mol. The minimum atomic E-state index is -0.930. The molecule has 1 aromatic carbocycles. The molecule has 20 heavy (non-hydrogen) atoms. The largest absolute Gasteiger partial charge is 0.481 e. The fraction of sp³-hybridized carbons (Fsp3) is 0.429. The van der Waals surface area contributed by atoms with Crippen LogP contribution in [0.15, 0.2) is 24.3 Å². The van der Waals surface area contributed by atoms with E-state index in [1.54, 1.807) is 20.2 Å². The number of anilines is 1. The van der Waals surface area contributed by atoms with Crippen molar-refractivity contribution in [3.63, 3.8) is 0 Å². The monoisotopic (exact) mass is 280 g/mol. The second kappa shape index (κ2) is 7.49. The van der Waals surface area contributed by atoms with Gasteiger partial charge in [-0.1, -0.05) is 12.1 Å². The molecule has 6 nitrogen and oxygen atoms in total. The van der Waals surface area contributed by atoms with Gasteiger partial charge < -0.3 is 20.1 Å². The number of nitrogens with zero attached hydrogens (tertiary/aromatic N) is 1. The van der Waals surface area contributed by atoms with Gasteiger partial charge in [0.2, 0.25) is 0 Å². The number of urea groups is 1. The maximum atomic E-state index is 11.9. The van der Waals surface area contributed by atoms with Gasteiger partial charge in [0.25, 0.3) is 0 Å². The van der Waals surface area contributed by atoms with Crippen molar-refractivity contribution in [1.82, 2.24) is 4.90 Å². The molecule has 1 atom stereocenters. The van der Waals surface area contributed by atoms with Gasteiger partial charge in [0.1, 0.15) is 0 Å². The van der Waals surface area contributed by atoms with Crippen LogP contribution in [0.1, 0.15) is 25.0 Å². The van der Waals surface area contributed by atoms with Crippen molar-refractivity contribution in [3.8, 4) is 0 Å². The first kappa shape index (κ1) is 16.0. The standard InChI is InChI=1S/C14H20N2O4/c1-10(20-3)11-5-4-6-12(9-11)15-14(19)16(2)8-7-13(17)18/h4-6,9-10H,7-8H2,1-3H3,(H,15,19)(H,17,18). The maximum absolute atomic E-state index is 11.9. The Morgan fingerprint density at radius 2 is 2.15 bits per heavy atom. The van der Waals surface area contributed by atoms with E-state index < -0.39 is 5.97 Å². The van der Waals surface area contributed by atoms with Crippen LogP contribution in [0.3, 0.4) is 0 Å². The lowest BCUT2D eigenvalue weighted by molar-refractivity contribution is -0.137. The second-order valence-electron chi connectivity index (χ2n) is 4.50. The normalized spacial score (nSPS) is 11.8. The molecule has 2 amide bonds. The van der Waals surface area contributed by atoms with E-state index in [4.69, 9.17) is 9.84 Å². The molecule has 2 N–H and O–H groups in total. The molecule has 110 valence electrons. The van der Waals surface area contributed by atoms with E-state index in [1.807, 2.05) is 25.1 Å². The van der Waals surface area contributed by atoms with Gasteiger partial charge in [-0.3, -0.25) is 4.79 Å². The number of carboxylic acid groups (broad SMARTS) is 1. The summed E-state index contributed by atoms with van der Waals surface area (Å²) in [5, 5.41) is 11.3. The molecule has 0 aliphatic heterocycles. The molecule has 6 heteroatoms. The van der Waals surface area contributed by atoms with Crippen molar-refractivity contribution >= 4 is 17.7 Å². The zero-order valence-electron chi connectivity index (χ0n) is 11.9. The van der Waals surface area contributed by atoms with Gasteiger partial charge in [0, 0.05) is 26.4 Å². The first-order valence-corrected chi connectivity index (χ1v) is 6.30. The smallest absolute Gasteiger partial charge is 0.321 e. The van der Waals surface area contributed by atoms with Crippen LogP contribution < -0.4 is 5.32 Å². The predicted molar refractivity (Wildman–Crippen MR) is 75.8 cm³/mol. The van der Waals surface area contributed by atoms with E-state index in [1.165, 1.54) is 4.90 Å². The fourth-order valence-corrected chi connectivity index (χ4v) is 1.59. The van der Waals surface area contributed by atoms with Crippen LogP contribution >= 0.6 is 0 Å². The molecular formula is C14H20N2O4. The number of hydrogen-bond donors (Lipinski definition) is 2. The van der Waals surface area contributed by atoms with Gasteiger partial charge in [0.15, 0.2) is 0 Å². The Hall–Kier alpha value is -2.08. The molecule has 0 fully saturated rings. The molecule has 1 unspecified atom stereocenters. The number of nitrogens with one attached hydrogen (secondary N) is 1.